The van der Waals surface area contributed by atoms with Gasteiger partial charge in [-0.25, -0.2) is 0 Å². The molecule has 0 aromatic heterocycles. The Balaban J connectivity index is 2.11. The van der Waals surface area contributed by atoms with Gasteiger partial charge in [0.05, 0.1) is 35.2 Å². The maximum absolute atomic E-state index is 11.1. The van der Waals surface area contributed by atoms with E-state index < -0.39 is 9.85 Å². The Morgan fingerprint density at radius 2 is 1.91 bits per heavy atom. The van der Waals surface area contributed by atoms with Gasteiger partial charge in [-0.1, -0.05) is 18.2 Å². The third-order valence-corrected chi connectivity index (χ3v) is 3.42. The monoisotopic (exact) mass is 319 g/mol. The van der Waals surface area contributed by atoms with Crippen molar-refractivity contribution in [2.24, 2.45) is 0 Å². The van der Waals surface area contributed by atoms with E-state index in [1.807, 2.05) is 4.90 Å². The van der Waals surface area contributed by atoms with E-state index in [9.17, 15) is 20.2 Å². The summed E-state index contributed by atoms with van der Waals surface area (Å²) in [6.07, 6.45) is 4.36. The van der Waals surface area contributed by atoms with Crippen LogP contribution in [-0.2, 0) is 4.74 Å². The molecule has 0 N–H and O–H groups in total. The number of nitrogens with zero attached hydrogens (tertiary/aromatic N) is 3. The van der Waals surface area contributed by atoms with Crippen LogP contribution in [0.1, 0.15) is 5.56 Å². The van der Waals surface area contributed by atoms with E-state index in [0.717, 1.165) is 0 Å². The Kier molecular flexibility index (Phi) is 5.95. The second kappa shape index (κ2) is 8.16. The van der Waals surface area contributed by atoms with Crippen molar-refractivity contribution in [3.8, 4) is 0 Å². The highest BCUT2D eigenvalue weighted by Gasteiger charge is 2.18. The van der Waals surface area contributed by atoms with Gasteiger partial charge >= 0.3 is 0 Å². The Hall–Kier alpha value is -2.58. The van der Waals surface area contributed by atoms with Crippen LogP contribution in [0.25, 0.3) is 6.08 Å². The van der Waals surface area contributed by atoms with E-state index in [-0.39, 0.29) is 17.9 Å². The van der Waals surface area contributed by atoms with Crippen molar-refractivity contribution in [3.63, 3.8) is 0 Å². The van der Waals surface area contributed by atoms with Crippen LogP contribution in [0.5, 0.6) is 0 Å². The topological polar surface area (TPSA) is 98.8 Å². The van der Waals surface area contributed by atoms with Gasteiger partial charge in [0.2, 0.25) is 0 Å². The zero-order chi connectivity index (χ0) is 16.7. The summed E-state index contributed by atoms with van der Waals surface area (Å²) in [5.74, 6) is 0. The maximum atomic E-state index is 11.1. The largest absolute Gasteiger partial charge is 0.379 e. The standard InChI is InChI=1S/C15H17N3O5/c19-17(20)14(12-16-8-10-23-11-9-16)6-3-5-13-4-1-2-7-15(13)18(21)22/h1-7H,8-12H2/b5-3+,14-6-. The third-order valence-electron chi connectivity index (χ3n) is 3.42. The Morgan fingerprint density at radius 1 is 1.22 bits per heavy atom. The van der Waals surface area contributed by atoms with Gasteiger partial charge in [-0.05, 0) is 12.1 Å². The lowest BCUT2D eigenvalue weighted by Crippen LogP contribution is -2.38. The van der Waals surface area contributed by atoms with Crippen LogP contribution in [0.4, 0.5) is 5.69 Å². The first kappa shape index (κ1) is 16.8. The first-order valence-electron chi connectivity index (χ1n) is 7.13. The molecule has 1 aromatic rings. The molecule has 1 heterocycles. The summed E-state index contributed by atoms with van der Waals surface area (Å²) in [5, 5.41) is 22.0. The summed E-state index contributed by atoms with van der Waals surface area (Å²) in [6.45, 7) is 2.66. The lowest BCUT2D eigenvalue weighted by atomic mass is 10.1. The molecule has 0 atom stereocenters. The number of hydrogen-bond acceptors (Lipinski definition) is 6. The quantitative estimate of drug-likeness (QED) is 0.452. The van der Waals surface area contributed by atoms with E-state index in [0.29, 0.717) is 31.9 Å². The molecule has 0 bridgehead atoms. The molecule has 122 valence electrons. The summed E-state index contributed by atoms with van der Waals surface area (Å²) < 4.78 is 5.21. The number of allylic oxidation sites excluding steroid dienone is 2. The highest BCUT2D eigenvalue weighted by Crippen LogP contribution is 2.19. The number of morpholine rings is 1. The molecule has 0 saturated carbocycles. The number of benzene rings is 1. The third kappa shape index (κ3) is 4.97. The normalized spacial score (nSPS) is 16.6. The Morgan fingerprint density at radius 3 is 2.57 bits per heavy atom. The van der Waals surface area contributed by atoms with Gasteiger partial charge in [-0.15, -0.1) is 0 Å². The average Bonchev–Trinajstić information content (AvgIpc) is 2.55. The molecule has 2 rings (SSSR count). The number of ether oxygens (including phenoxy) is 1. The highest BCUT2D eigenvalue weighted by atomic mass is 16.6. The van der Waals surface area contributed by atoms with Gasteiger partial charge in [-0.3, -0.25) is 25.1 Å². The number of nitro groups is 2. The predicted molar refractivity (Wildman–Crippen MR) is 84.5 cm³/mol. The van der Waals surface area contributed by atoms with Crippen LogP contribution in [0.3, 0.4) is 0 Å². The Labute approximate surface area is 133 Å². The molecule has 8 heteroatoms. The van der Waals surface area contributed by atoms with Gasteiger partial charge in [0.25, 0.3) is 11.4 Å². The highest BCUT2D eigenvalue weighted by molar-refractivity contribution is 5.61. The SMILES string of the molecule is O=[N+]([O-])/C(=C\C=C\c1ccccc1[N+](=O)[O-])CN1CCOCC1. The van der Waals surface area contributed by atoms with Crippen molar-refractivity contribution in [1.29, 1.82) is 0 Å². The number of rotatable bonds is 6. The van der Waals surface area contributed by atoms with Gasteiger partial charge < -0.3 is 4.74 Å². The Bertz CT molecular complexity index is 636. The van der Waals surface area contributed by atoms with Crippen LogP contribution < -0.4 is 0 Å². The number of nitro benzene ring substituents is 1. The maximum Gasteiger partial charge on any atom is 0.276 e. The molecule has 8 nitrogen and oxygen atoms in total. The number of para-hydroxylation sites is 1. The van der Waals surface area contributed by atoms with Gasteiger partial charge in [-0.2, -0.15) is 0 Å². The molecule has 0 amide bonds. The first-order valence-corrected chi connectivity index (χ1v) is 7.13. The fraction of sp³-hybridized carbons (Fsp3) is 0.333. The molecule has 1 aliphatic rings. The van der Waals surface area contributed by atoms with Crippen molar-refractivity contribution in [2.45, 2.75) is 0 Å². The summed E-state index contributed by atoms with van der Waals surface area (Å²) in [4.78, 5) is 23.1. The second-order valence-corrected chi connectivity index (χ2v) is 4.98. The zero-order valence-electron chi connectivity index (χ0n) is 12.5. The molecule has 1 aromatic carbocycles. The molecule has 0 spiro atoms. The summed E-state index contributed by atoms with van der Waals surface area (Å²) in [7, 11) is 0. The number of hydrogen-bond donors (Lipinski definition) is 0. The van der Waals surface area contributed by atoms with Crippen molar-refractivity contribution < 1.29 is 14.6 Å². The van der Waals surface area contributed by atoms with E-state index >= 15 is 0 Å². The molecule has 0 unspecified atom stereocenters. The van der Waals surface area contributed by atoms with Crippen molar-refractivity contribution >= 4 is 11.8 Å². The lowest BCUT2D eigenvalue weighted by Gasteiger charge is -2.25. The fourth-order valence-electron chi connectivity index (χ4n) is 2.22. The minimum atomic E-state index is -0.481. The molecule has 0 radical (unpaired) electrons. The molecule has 0 aliphatic carbocycles. The smallest absolute Gasteiger partial charge is 0.276 e. The molecule has 1 aliphatic heterocycles. The average molecular weight is 319 g/mol. The lowest BCUT2D eigenvalue weighted by molar-refractivity contribution is -0.428. The molecule has 1 fully saturated rings. The molecule has 23 heavy (non-hydrogen) atoms. The van der Waals surface area contributed by atoms with Gasteiger partial charge in [0.15, 0.2) is 0 Å². The summed E-state index contributed by atoms with van der Waals surface area (Å²) in [5.41, 5.74) is 0.414. The zero-order valence-corrected chi connectivity index (χ0v) is 12.5. The van der Waals surface area contributed by atoms with Crippen LogP contribution in [0, 0.1) is 20.2 Å². The summed E-state index contributed by atoms with van der Waals surface area (Å²) >= 11 is 0. The summed E-state index contributed by atoms with van der Waals surface area (Å²) in [6, 6.07) is 6.24. The van der Waals surface area contributed by atoms with E-state index in [4.69, 9.17) is 4.74 Å². The fourth-order valence-corrected chi connectivity index (χ4v) is 2.22. The van der Waals surface area contributed by atoms with Crippen LogP contribution in [0.15, 0.2) is 42.1 Å². The van der Waals surface area contributed by atoms with Crippen LogP contribution in [-0.4, -0.2) is 47.6 Å². The van der Waals surface area contributed by atoms with Gasteiger partial charge in [0, 0.05) is 25.2 Å². The first-order chi connectivity index (χ1) is 11.1. The van der Waals surface area contributed by atoms with Gasteiger partial charge in [0.1, 0.15) is 0 Å². The second-order valence-electron chi connectivity index (χ2n) is 4.98. The minimum Gasteiger partial charge on any atom is -0.379 e. The van der Waals surface area contributed by atoms with E-state index in [2.05, 4.69) is 0 Å². The van der Waals surface area contributed by atoms with E-state index in [1.54, 1.807) is 18.2 Å². The molecule has 1 saturated heterocycles. The predicted octanol–water partition coefficient (Wildman–Crippen LogP) is 2.10. The van der Waals surface area contributed by atoms with Crippen LogP contribution in [0.2, 0.25) is 0 Å². The minimum absolute atomic E-state index is 0.0343. The van der Waals surface area contributed by atoms with Crippen molar-refractivity contribution in [3.05, 3.63) is 67.9 Å². The molecular weight excluding hydrogens is 302 g/mol. The van der Waals surface area contributed by atoms with Crippen molar-refractivity contribution in [1.82, 2.24) is 4.90 Å². The van der Waals surface area contributed by atoms with Crippen molar-refractivity contribution in [2.75, 3.05) is 32.8 Å². The molecular formula is C15H17N3O5. The van der Waals surface area contributed by atoms with E-state index in [1.165, 1.54) is 24.3 Å². The van der Waals surface area contributed by atoms with Crippen LogP contribution >= 0.6 is 0 Å².